The van der Waals surface area contributed by atoms with E-state index < -0.39 is 20.9 Å². The van der Waals surface area contributed by atoms with Crippen molar-refractivity contribution < 1.29 is 13.2 Å². The third kappa shape index (κ3) is 4.99. The van der Waals surface area contributed by atoms with Gasteiger partial charge in [-0.2, -0.15) is 0 Å². The van der Waals surface area contributed by atoms with Crippen LogP contribution in [0, 0.1) is 0 Å². The van der Waals surface area contributed by atoms with Crippen molar-refractivity contribution in [3.8, 4) is 5.69 Å². The first-order chi connectivity index (χ1) is 17.1. The van der Waals surface area contributed by atoms with Crippen molar-refractivity contribution in [2.24, 2.45) is 5.14 Å². The molecule has 188 valence electrons. The molecule has 2 aromatic carbocycles. The van der Waals surface area contributed by atoms with E-state index in [1.807, 2.05) is 16.7 Å². The number of benzene rings is 2. The molecule has 1 amide bonds. The van der Waals surface area contributed by atoms with Crippen LogP contribution in [0.5, 0.6) is 0 Å². The number of rotatable bonds is 7. The number of allylic oxidation sites excluding steroid dienone is 1. The van der Waals surface area contributed by atoms with Crippen LogP contribution in [0.3, 0.4) is 0 Å². The lowest BCUT2D eigenvalue weighted by Crippen LogP contribution is -2.52. The Morgan fingerprint density at radius 1 is 1.25 bits per heavy atom. The molecule has 8 nitrogen and oxygen atoms in total. The molecule has 3 N–H and O–H groups in total. The Kier molecular flexibility index (Phi) is 6.80. The smallest absolute Gasteiger partial charge is 0.237 e. The summed E-state index contributed by atoms with van der Waals surface area (Å²) in [5, 5.41) is 18.6. The van der Waals surface area contributed by atoms with Crippen LogP contribution in [-0.4, -0.2) is 45.8 Å². The number of thioether (sulfide) groups is 1. The SMILES string of the molecule is C[C@]1(NC(=O)CSc2nnc(Br)n2-c2ccc(C3CC3)c3ccccc23)C=CC(S(N)(=O)=O)=CC1Cl. The monoisotopic (exact) mass is 607 g/mol. The molecule has 2 aliphatic rings. The van der Waals surface area contributed by atoms with Crippen LogP contribution in [0.2, 0.25) is 0 Å². The van der Waals surface area contributed by atoms with Crippen molar-refractivity contribution >= 4 is 66.0 Å². The second-order valence-electron chi connectivity index (χ2n) is 9.05. The predicted molar refractivity (Wildman–Crippen MR) is 146 cm³/mol. The minimum Gasteiger partial charge on any atom is -0.345 e. The number of nitrogens with two attached hydrogens (primary N) is 1. The van der Waals surface area contributed by atoms with Gasteiger partial charge in [-0.15, -0.1) is 21.8 Å². The molecule has 12 heteroatoms. The number of primary sulfonamides is 1. The number of halogens is 2. The highest BCUT2D eigenvalue weighted by atomic mass is 79.9. The van der Waals surface area contributed by atoms with Crippen molar-refractivity contribution in [2.45, 2.75) is 41.8 Å². The Balaban J connectivity index is 1.35. The fourth-order valence-corrected chi connectivity index (χ4v) is 6.51. The molecule has 1 aromatic heterocycles. The summed E-state index contributed by atoms with van der Waals surface area (Å²) >= 11 is 11.1. The van der Waals surface area contributed by atoms with Gasteiger partial charge in [0.15, 0.2) is 5.16 Å². The number of amides is 1. The quantitative estimate of drug-likeness (QED) is 0.304. The third-order valence-electron chi connectivity index (χ3n) is 6.33. The van der Waals surface area contributed by atoms with Crippen LogP contribution in [0.25, 0.3) is 16.5 Å². The number of carbonyl (C=O) groups excluding carboxylic acids is 1. The molecule has 1 heterocycles. The Morgan fingerprint density at radius 2 is 1.97 bits per heavy atom. The first-order valence-corrected chi connectivity index (χ1v) is 15.0. The topological polar surface area (TPSA) is 120 Å². The van der Waals surface area contributed by atoms with Gasteiger partial charge in [-0.25, -0.2) is 13.6 Å². The van der Waals surface area contributed by atoms with Crippen LogP contribution in [0.1, 0.15) is 31.2 Å². The van der Waals surface area contributed by atoms with Gasteiger partial charge >= 0.3 is 0 Å². The van der Waals surface area contributed by atoms with Gasteiger partial charge in [0.2, 0.25) is 20.7 Å². The summed E-state index contributed by atoms with van der Waals surface area (Å²) in [5.41, 5.74) is 1.31. The van der Waals surface area contributed by atoms with E-state index in [2.05, 4.69) is 55.7 Å². The number of nitrogens with one attached hydrogen (secondary N) is 1. The van der Waals surface area contributed by atoms with Gasteiger partial charge in [-0.3, -0.25) is 9.36 Å². The minimum absolute atomic E-state index is 0.0576. The Bertz CT molecular complexity index is 1530. The van der Waals surface area contributed by atoms with Crippen molar-refractivity contribution in [2.75, 3.05) is 5.75 Å². The van der Waals surface area contributed by atoms with Crippen molar-refractivity contribution in [3.05, 3.63) is 69.8 Å². The lowest BCUT2D eigenvalue weighted by atomic mass is 9.93. The molecular weight excluding hydrogens is 586 g/mol. The Morgan fingerprint density at radius 3 is 2.64 bits per heavy atom. The lowest BCUT2D eigenvalue weighted by Gasteiger charge is -2.33. The molecule has 1 fully saturated rings. The van der Waals surface area contributed by atoms with Crippen LogP contribution in [0.4, 0.5) is 0 Å². The van der Waals surface area contributed by atoms with E-state index >= 15 is 0 Å². The number of fused-ring (bicyclic) bond motifs is 1. The van der Waals surface area contributed by atoms with Gasteiger partial charge in [-0.05, 0) is 70.8 Å². The maximum absolute atomic E-state index is 12.9. The first kappa shape index (κ1) is 25.5. The summed E-state index contributed by atoms with van der Waals surface area (Å²) in [6.07, 6.45) is 6.65. The van der Waals surface area contributed by atoms with Gasteiger partial charge in [0.1, 0.15) is 0 Å². The van der Waals surface area contributed by atoms with Crippen molar-refractivity contribution in [1.29, 1.82) is 0 Å². The zero-order chi connectivity index (χ0) is 25.7. The number of sulfonamides is 1. The second-order valence-corrected chi connectivity index (χ2v) is 12.7. The second kappa shape index (κ2) is 9.60. The summed E-state index contributed by atoms with van der Waals surface area (Å²) in [6.45, 7) is 1.72. The van der Waals surface area contributed by atoms with Gasteiger partial charge in [0, 0.05) is 5.39 Å². The molecule has 1 unspecified atom stereocenters. The number of carbonyl (C=O) groups is 1. The van der Waals surface area contributed by atoms with Crippen LogP contribution in [-0.2, 0) is 14.8 Å². The molecule has 1 saturated carbocycles. The molecule has 0 aliphatic heterocycles. The number of aromatic nitrogens is 3. The molecule has 3 aromatic rings. The normalized spacial score (nSPS) is 22.0. The Hall–Kier alpha value is -2.18. The maximum Gasteiger partial charge on any atom is 0.237 e. The highest BCUT2D eigenvalue weighted by Gasteiger charge is 2.35. The van der Waals surface area contributed by atoms with E-state index in [9.17, 15) is 13.2 Å². The van der Waals surface area contributed by atoms with Crippen LogP contribution >= 0.6 is 39.3 Å². The molecule has 0 saturated heterocycles. The number of hydrogen-bond acceptors (Lipinski definition) is 6. The number of alkyl halides is 1. The van der Waals surface area contributed by atoms with Gasteiger partial charge in [-0.1, -0.05) is 48.2 Å². The average molecular weight is 609 g/mol. The van der Waals surface area contributed by atoms with Crippen molar-refractivity contribution in [3.63, 3.8) is 0 Å². The van der Waals surface area contributed by atoms with E-state index in [0.29, 0.717) is 15.8 Å². The van der Waals surface area contributed by atoms with E-state index in [1.54, 1.807) is 13.0 Å². The van der Waals surface area contributed by atoms with E-state index in [1.165, 1.54) is 47.7 Å². The molecule has 0 radical (unpaired) electrons. The molecule has 0 bridgehead atoms. The third-order valence-corrected chi connectivity index (χ3v) is 9.28. The van der Waals surface area contributed by atoms with Gasteiger partial charge in [0.25, 0.3) is 0 Å². The summed E-state index contributed by atoms with van der Waals surface area (Å²) in [4.78, 5) is 12.8. The van der Waals surface area contributed by atoms with E-state index in [0.717, 1.165) is 11.1 Å². The van der Waals surface area contributed by atoms with Crippen LogP contribution < -0.4 is 10.5 Å². The van der Waals surface area contributed by atoms with Gasteiger partial charge in [0.05, 0.1) is 27.3 Å². The molecule has 2 aliphatic carbocycles. The minimum atomic E-state index is -3.88. The fraction of sp³-hybridized carbons (Fsp3) is 0.292. The molecule has 2 atom stereocenters. The molecular formula is C24H23BrClN5O3S2. The molecule has 0 spiro atoms. The van der Waals surface area contributed by atoms with Crippen molar-refractivity contribution in [1.82, 2.24) is 20.1 Å². The largest absolute Gasteiger partial charge is 0.345 e. The lowest BCUT2D eigenvalue weighted by molar-refractivity contribution is -0.119. The molecule has 36 heavy (non-hydrogen) atoms. The summed E-state index contributed by atoms with van der Waals surface area (Å²) in [6, 6.07) is 12.5. The fourth-order valence-electron chi connectivity index (χ4n) is 4.29. The first-order valence-electron chi connectivity index (χ1n) is 11.2. The van der Waals surface area contributed by atoms with E-state index in [-0.39, 0.29) is 16.6 Å². The highest BCUT2D eigenvalue weighted by molar-refractivity contribution is 9.10. The summed E-state index contributed by atoms with van der Waals surface area (Å²) in [5.74, 6) is 0.384. The number of nitrogens with zero attached hydrogens (tertiary/aromatic N) is 3. The zero-order valence-electron chi connectivity index (χ0n) is 19.2. The summed E-state index contributed by atoms with van der Waals surface area (Å²) < 4.78 is 25.6. The Labute approximate surface area is 226 Å². The average Bonchev–Trinajstić information content (AvgIpc) is 3.61. The predicted octanol–water partition coefficient (Wildman–Crippen LogP) is 4.38. The van der Waals surface area contributed by atoms with Gasteiger partial charge < -0.3 is 5.32 Å². The van der Waals surface area contributed by atoms with Crippen LogP contribution in [0.15, 0.2) is 69.4 Å². The zero-order valence-corrected chi connectivity index (χ0v) is 23.2. The standard InChI is InChI=1S/C24H23BrClN5O3S2/c1-24(11-10-15(12-20(24)26)36(27,33)34)28-21(32)13-35-23-30-29-22(25)31(23)19-9-8-16(14-6-7-14)17-4-2-3-5-18(17)19/h2-5,8-12,14,20H,6-7,13H2,1H3,(H,28,32)(H2,27,33,34)/t20?,24-/m0/s1. The van der Waals surface area contributed by atoms with E-state index in [4.69, 9.17) is 16.7 Å². The number of hydrogen-bond donors (Lipinski definition) is 2. The maximum atomic E-state index is 12.9. The molecule has 5 rings (SSSR count). The highest BCUT2D eigenvalue weighted by Crippen LogP contribution is 2.44. The summed E-state index contributed by atoms with van der Waals surface area (Å²) in [7, 11) is -3.88.